The Morgan fingerprint density at radius 1 is 1.13 bits per heavy atom. The summed E-state index contributed by atoms with van der Waals surface area (Å²) in [6.07, 6.45) is 5.29. The minimum atomic E-state index is 0.107. The SMILES string of the molecule is COc1cccc2c1[C@H]1C[C@H]3[C@H](CCCN3C(=O)NCCc3ccccc3)CN1CC2. The van der Waals surface area contributed by atoms with Gasteiger partial charge in [0.25, 0.3) is 0 Å². The fourth-order valence-electron chi connectivity index (χ4n) is 5.96. The third-order valence-corrected chi connectivity index (χ3v) is 7.46. The second kappa shape index (κ2) is 8.91. The number of nitrogens with zero attached hydrogens (tertiary/aromatic N) is 2. The molecule has 0 aromatic heterocycles. The van der Waals surface area contributed by atoms with Crippen molar-refractivity contribution in [1.82, 2.24) is 15.1 Å². The number of carbonyl (C=O) groups excluding carboxylic acids is 1. The van der Waals surface area contributed by atoms with Gasteiger partial charge in [0.2, 0.25) is 0 Å². The molecule has 3 aliphatic rings. The Morgan fingerprint density at radius 3 is 2.84 bits per heavy atom. The highest BCUT2D eigenvalue weighted by Crippen LogP contribution is 2.45. The molecule has 5 nitrogen and oxygen atoms in total. The Kier molecular flexibility index (Phi) is 5.86. The number of nitrogens with one attached hydrogen (secondary N) is 1. The number of hydrogen-bond donors (Lipinski definition) is 1. The van der Waals surface area contributed by atoms with E-state index >= 15 is 0 Å². The Morgan fingerprint density at radius 2 is 2.00 bits per heavy atom. The molecule has 3 aliphatic heterocycles. The van der Waals surface area contributed by atoms with E-state index in [-0.39, 0.29) is 6.03 Å². The van der Waals surface area contributed by atoms with Crippen LogP contribution in [0.3, 0.4) is 0 Å². The first-order valence-electron chi connectivity index (χ1n) is 11.7. The Labute approximate surface area is 185 Å². The van der Waals surface area contributed by atoms with Crippen molar-refractivity contribution >= 4 is 6.03 Å². The molecule has 2 saturated heterocycles. The summed E-state index contributed by atoms with van der Waals surface area (Å²) in [5.74, 6) is 1.57. The molecule has 1 N–H and O–H groups in total. The maximum atomic E-state index is 13.1. The second-order valence-corrected chi connectivity index (χ2v) is 9.16. The van der Waals surface area contributed by atoms with Gasteiger partial charge in [0.1, 0.15) is 5.75 Å². The Hall–Kier alpha value is -2.53. The molecule has 164 valence electrons. The fourth-order valence-corrected chi connectivity index (χ4v) is 5.96. The quantitative estimate of drug-likeness (QED) is 0.814. The van der Waals surface area contributed by atoms with Crippen molar-refractivity contribution in [3.8, 4) is 5.75 Å². The normalized spacial score (nSPS) is 25.2. The van der Waals surface area contributed by atoms with Crippen LogP contribution >= 0.6 is 0 Å². The van der Waals surface area contributed by atoms with Crippen molar-refractivity contribution in [3.05, 3.63) is 65.2 Å². The topological polar surface area (TPSA) is 44.8 Å². The predicted molar refractivity (Wildman–Crippen MR) is 122 cm³/mol. The predicted octanol–water partition coefficient (Wildman–Crippen LogP) is 4.03. The van der Waals surface area contributed by atoms with E-state index < -0.39 is 0 Å². The third-order valence-electron chi connectivity index (χ3n) is 7.46. The second-order valence-electron chi connectivity index (χ2n) is 9.16. The lowest BCUT2D eigenvalue weighted by Crippen LogP contribution is -2.59. The van der Waals surface area contributed by atoms with Crippen LogP contribution in [0, 0.1) is 5.92 Å². The summed E-state index contributed by atoms with van der Waals surface area (Å²) in [7, 11) is 1.77. The summed E-state index contributed by atoms with van der Waals surface area (Å²) < 4.78 is 5.75. The molecule has 2 amide bonds. The summed E-state index contributed by atoms with van der Waals surface area (Å²) in [5.41, 5.74) is 4.02. The number of rotatable bonds is 4. The zero-order chi connectivity index (χ0) is 21.2. The summed E-state index contributed by atoms with van der Waals surface area (Å²) in [4.78, 5) is 17.9. The Balaban J connectivity index is 1.30. The summed E-state index contributed by atoms with van der Waals surface area (Å²) >= 11 is 0. The van der Waals surface area contributed by atoms with Gasteiger partial charge in [-0.1, -0.05) is 42.5 Å². The number of urea groups is 1. The molecule has 3 atom stereocenters. The van der Waals surface area contributed by atoms with Gasteiger partial charge in [-0.3, -0.25) is 4.90 Å². The number of methoxy groups -OCH3 is 1. The number of likely N-dealkylation sites (tertiary alicyclic amines) is 1. The minimum Gasteiger partial charge on any atom is -0.496 e. The molecule has 0 bridgehead atoms. The molecular weight excluding hydrogens is 386 g/mol. The molecule has 2 fully saturated rings. The van der Waals surface area contributed by atoms with E-state index in [1.54, 1.807) is 7.11 Å². The lowest BCUT2D eigenvalue weighted by atomic mass is 9.76. The lowest BCUT2D eigenvalue weighted by molar-refractivity contribution is 0.00503. The first-order valence-corrected chi connectivity index (χ1v) is 11.7. The highest BCUT2D eigenvalue weighted by atomic mass is 16.5. The van der Waals surface area contributed by atoms with Gasteiger partial charge in [-0.25, -0.2) is 4.79 Å². The Bertz CT molecular complexity index is 902. The number of ether oxygens (including phenoxy) is 1. The smallest absolute Gasteiger partial charge is 0.317 e. The highest BCUT2D eigenvalue weighted by Gasteiger charge is 2.44. The highest BCUT2D eigenvalue weighted by molar-refractivity contribution is 5.74. The van der Waals surface area contributed by atoms with E-state index in [1.807, 2.05) is 6.07 Å². The standard InChI is InChI=1S/C26H33N3O2/c1-31-24-11-5-9-20-13-16-28-18-21-10-6-15-29(22(21)17-23(28)25(20)24)26(30)27-14-12-19-7-3-2-4-8-19/h2-5,7-9,11,21-23H,6,10,12-18H2,1H3,(H,27,30)/t21-,22+,23-/m1/s1. The van der Waals surface area contributed by atoms with Gasteiger partial charge in [-0.15, -0.1) is 0 Å². The average Bonchev–Trinajstić information content (AvgIpc) is 2.82. The summed E-state index contributed by atoms with van der Waals surface area (Å²) in [6, 6.07) is 17.6. The fraction of sp³-hybridized carbons (Fsp3) is 0.500. The molecule has 0 spiro atoms. The van der Waals surface area contributed by atoms with Crippen LogP contribution < -0.4 is 10.1 Å². The van der Waals surface area contributed by atoms with Crippen molar-refractivity contribution in [3.63, 3.8) is 0 Å². The molecule has 31 heavy (non-hydrogen) atoms. The number of amides is 2. The van der Waals surface area contributed by atoms with Crippen LogP contribution in [-0.4, -0.2) is 55.2 Å². The van der Waals surface area contributed by atoms with Crippen LogP contribution in [0.25, 0.3) is 0 Å². The molecule has 0 unspecified atom stereocenters. The summed E-state index contributed by atoms with van der Waals surface area (Å²) in [6.45, 7) is 3.74. The maximum Gasteiger partial charge on any atom is 0.317 e. The minimum absolute atomic E-state index is 0.107. The van der Waals surface area contributed by atoms with Gasteiger partial charge >= 0.3 is 6.03 Å². The number of carbonyl (C=O) groups is 1. The first-order chi connectivity index (χ1) is 15.2. The molecule has 5 rings (SSSR count). The average molecular weight is 420 g/mol. The molecule has 2 aromatic rings. The van der Waals surface area contributed by atoms with Crippen LogP contribution in [0.1, 0.15) is 42.0 Å². The van der Waals surface area contributed by atoms with Crippen LogP contribution in [0.15, 0.2) is 48.5 Å². The molecule has 2 aromatic carbocycles. The monoisotopic (exact) mass is 419 g/mol. The van der Waals surface area contributed by atoms with Crippen molar-refractivity contribution in [2.45, 2.75) is 44.2 Å². The van der Waals surface area contributed by atoms with E-state index in [9.17, 15) is 4.79 Å². The first kappa shape index (κ1) is 20.4. The summed E-state index contributed by atoms with van der Waals surface area (Å²) in [5, 5.41) is 3.20. The molecule has 5 heteroatoms. The zero-order valence-corrected chi connectivity index (χ0v) is 18.4. The third kappa shape index (κ3) is 4.03. The van der Waals surface area contributed by atoms with Crippen LogP contribution in [-0.2, 0) is 12.8 Å². The molecule has 0 radical (unpaired) electrons. The number of benzene rings is 2. The number of fused-ring (bicyclic) bond motifs is 4. The van der Waals surface area contributed by atoms with Crippen LogP contribution in [0.4, 0.5) is 4.79 Å². The van der Waals surface area contributed by atoms with Gasteiger partial charge in [0.15, 0.2) is 0 Å². The molecule has 0 aliphatic carbocycles. The van der Waals surface area contributed by atoms with E-state index in [0.29, 0.717) is 24.5 Å². The van der Waals surface area contributed by atoms with Gasteiger partial charge in [-0.2, -0.15) is 0 Å². The van der Waals surface area contributed by atoms with Gasteiger partial charge in [-0.05, 0) is 55.2 Å². The zero-order valence-electron chi connectivity index (χ0n) is 18.4. The van der Waals surface area contributed by atoms with Crippen molar-refractivity contribution in [2.24, 2.45) is 5.92 Å². The van der Waals surface area contributed by atoms with E-state index in [2.05, 4.69) is 57.6 Å². The van der Waals surface area contributed by atoms with Gasteiger partial charge in [0.05, 0.1) is 7.11 Å². The molecule has 3 heterocycles. The van der Waals surface area contributed by atoms with Gasteiger partial charge in [0, 0.05) is 43.8 Å². The largest absolute Gasteiger partial charge is 0.496 e. The van der Waals surface area contributed by atoms with Crippen LogP contribution in [0.2, 0.25) is 0 Å². The van der Waals surface area contributed by atoms with Crippen LogP contribution in [0.5, 0.6) is 5.75 Å². The van der Waals surface area contributed by atoms with E-state index in [4.69, 9.17) is 4.74 Å². The molecular formula is C26H33N3O2. The maximum absolute atomic E-state index is 13.1. The number of hydrogen-bond acceptors (Lipinski definition) is 3. The lowest BCUT2D eigenvalue weighted by Gasteiger charge is -2.52. The van der Waals surface area contributed by atoms with E-state index in [0.717, 1.165) is 51.1 Å². The van der Waals surface area contributed by atoms with Gasteiger partial charge < -0.3 is 15.0 Å². The number of piperidine rings is 2. The van der Waals surface area contributed by atoms with Crippen molar-refractivity contribution < 1.29 is 9.53 Å². The van der Waals surface area contributed by atoms with Crippen molar-refractivity contribution in [1.29, 1.82) is 0 Å². The van der Waals surface area contributed by atoms with E-state index in [1.165, 1.54) is 23.1 Å². The van der Waals surface area contributed by atoms with Crippen molar-refractivity contribution in [2.75, 3.05) is 33.3 Å². The molecule has 0 saturated carbocycles.